The van der Waals surface area contributed by atoms with Gasteiger partial charge in [-0.2, -0.15) is 0 Å². The van der Waals surface area contributed by atoms with Gasteiger partial charge in [-0.15, -0.1) is 11.6 Å². The third-order valence-corrected chi connectivity index (χ3v) is 2.04. The lowest BCUT2D eigenvalue weighted by molar-refractivity contribution is 1.33. The molecular weight excluding hydrogens is 164 g/mol. The van der Waals surface area contributed by atoms with Gasteiger partial charge in [0.2, 0.25) is 0 Å². The molecule has 0 saturated carbocycles. The summed E-state index contributed by atoms with van der Waals surface area (Å²) in [7, 11) is 0. The first-order valence-electron chi connectivity index (χ1n) is 2.99. The van der Waals surface area contributed by atoms with Gasteiger partial charge in [-0.25, -0.2) is 0 Å². The summed E-state index contributed by atoms with van der Waals surface area (Å²) in [6.07, 6.45) is 0. The Hall–Kier alpha value is -0.400. The average Bonchev–Trinajstić information content (AvgIpc) is 2.05. The van der Waals surface area contributed by atoms with Gasteiger partial charge in [0.25, 0.3) is 0 Å². The first-order chi connectivity index (χ1) is 4.84. The Morgan fingerprint density at radius 2 is 1.90 bits per heavy atom. The molecule has 0 bridgehead atoms. The lowest BCUT2D eigenvalue weighted by atomic mass is 10.2. The second-order valence-electron chi connectivity index (χ2n) is 1.95. The van der Waals surface area contributed by atoms with Gasteiger partial charge >= 0.3 is 0 Å². The largest absolute Gasteiger partial charge is 0.112 e. The van der Waals surface area contributed by atoms with E-state index in [2.05, 4.69) is 0 Å². The van der Waals surface area contributed by atoms with E-state index in [0.29, 0.717) is 0 Å². The maximum absolute atomic E-state index is 5.83. The Bertz CT molecular complexity index is 208. The van der Waals surface area contributed by atoms with Gasteiger partial charge < -0.3 is 0 Å². The van der Waals surface area contributed by atoms with Crippen LogP contribution in [0.15, 0.2) is 30.3 Å². The highest BCUT2D eigenvalue weighted by Crippen LogP contribution is 2.16. The molecule has 0 aliphatic rings. The number of alkyl halides is 1. The molecule has 0 radical (unpaired) electrons. The summed E-state index contributed by atoms with van der Waals surface area (Å²) in [5.74, 6) is 0. The van der Waals surface area contributed by atoms with Crippen molar-refractivity contribution < 1.29 is 0 Å². The van der Waals surface area contributed by atoms with E-state index in [1.807, 2.05) is 30.3 Å². The van der Waals surface area contributed by atoms with E-state index in [1.54, 1.807) is 5.37 Å². The van der Waals surface area contributed by atoms with Crippen LogP contribution in [0.5, 0.6) is 0 Å². The van der Waals surface area contributed by atoms with Gasteiger partial charge in [0.15, 0.2) is 0 Å². The smallest absolute Gasteiger partial charge is 0.0867 e. The average molecular weight is 171 g/mol. The molecule has 0 heterocycles. The van der Waals surface area contributed by atoms with E-state index in [-0.39, 0.29) is 5.38 Å². The van der Waals surface area contributed by atoms with Crippen molar-refractivity contribution in [1.82, 2.24) is 0 Å². The van der Waals surface area contributed by atoms with Crippen LogP contribution < -0.4 is 0 Å². The van der Waals surface area contributed by atoms with Crippen LogP contribution in [0, 0.1) is 0 Å². The fourth-order valence-corrected chi connectivity index (χ4v) is 1.02. The van der Waals surface area contributed by atoms with Crippen LogP contribution in [0.3, 0.4) is 0 Å². The second-order valence-corrected chi connectivity index (χ2v) is 2.69. The molecule has 0 aliphatic heterocycles. The minimum atomic E-state index is -0.129. The summed E-state index contributed by atoms with van der Waals surface area (Å²) >= 11 is 10.5. The van der Waals surface area contributed by atoms with Gasteiger partial charge in [-0.1, -0.05) is 42.5 Å². The third kappa shape index (κ3) is 1.79. The number of thiocarbonyl (C=S) groups is 1. The molecule has 0 spiro atoms. The van der Waals surface area contributed by atoms with Crippen LogP contribution >= 0.6 is 23.8 Å². The topological polar surface area (TPSA) is 0 Å². The van der Waals surface area contributed by atoms with Gasteiger partial charge in [0.1, 0.15) is 0 Å². The predicted molar refractivity (Wildman–Crippen MR) is 48.7 cm³/mol. The van der Waals surface area contributed by atoms with Crippen molar-refractivity contribution in [3.8, 4) is 0 Å². The fourth-order valence-electron chi connectivity index (χ4n) is 0.715. The third-order valence-electron chi connectivity index (χ3n) is 1.24. The minimum Gasteiger partial charge on any atom is -0.112 e. The van der Waals surface area contributed by atoms with Crippen LogP contribution in [-0.2, 0) is 0 Å². The van der Waals surface area contributed by atoms with Crippen molar-refractivity contribution in [3.63, 3.8) is 0 Å². The number of benzene rings is 1. The lowest BCUT2D eigenvalue weighted by Gasteiger charge is -2.00. The Morgan fingerprint density at radius 3 is 2.40 bits per heavy atom. The van der Waals surface area contributed by atoms with Crippen molar-refractivity contribution in [2.75, 3.05) is 0 Å². The predicted octanol–water partition coefficient (Wildman–Crippen LogP) is 2.97. The molecule has 0 fully saturated rings. The minimum absolute atomic E-state index is 0.129. The van der Waals surface area contributed by atoms with Crippen molar-refractivity contribution in [1.29, 1.82) is 0 Å². The molecule has 0 aliphatic carbocycles. The van der Waals surface area contributed by atoms with Crippen LogP contribution in [0.1, 0.15) is 10.9 Å². The number of hydrogen-bond acceptors (Lipinski definition) is 1. The zero-order valence-corrected chi connectivity index (χ0v) is 6.90. The Labute approximate surface area is 70.8 Å². The number of rotatable bonds is 2. The molecule has 10 heavy (non-hydrogen) atoms. The Balaban J connectivity index is 2.84. The molecular formula is C8H7ClS. The van der Waals surface area contributed by atoms with E-state index >= 15 is 0 Å². The molecule has 0 N–H and O–H groups in total. The van der Waals surface area contributed by atoms with E-state index in [4.69, 9.17) is 23.8 Å². The summed E-state index contributed by atoms with van der Waals surface area (Å²) in [5.41, 5.74) is 1.05. The Kier molecular flexibility index (Phi) is 2.84. The van der Waals surface area contributed by atoms with E-state index in [9.17, 15) is 0 Å². The van der Waals surface area contributed by atoms with Crippen molar-refractivity contribution >= 4 is 29.2 Å². The zero-order valence-electron chi connectivity index (χ0n) is 5.33. The number of hydrogen-bond donors (Lipinski definition) is 0. The highest BCUT2D eigenvalue weighted by Gasteiger charge is 1.99. The maximum Gasteiger partial charge on any atom is 0.0867 e. The molecule has 1 aromatic rings. The highest BCUT2D eigenvalue weighted by atomic mass is 35.5. The molecule has 1 atom stereocenters. The second kappa shape index (κ2) is 3.69. The molecule has 52 valence electrons. The van der Waals surface area contributed by atoms with E-state index in [1.165, 1.54) is 0 Å². The summed E-state index contributed by atoms with van der Waals surface area (Å²) < 4.78 is 0. The Morgan fingerprint density at radius 1 is 1.30 bits per heavy atom. The SMILES string of the molecule is S=C[C@@H](Cl)c1ccccc1. The first-order valence-corrected chi connectivity index (χ1v) is 3.89. The maximum atomic E-state index is 5.83. The van der Waals surface area contributed by atoms with Crippen LogP contribution in [0.2, 0.25) is 0 Å². The van der Waals surface area contributed by atoms with Gasteiger partial charge in [0.05, 0.1) is 5.38 Å². The van der Waals surface area contributed by atoms with Crippen molar-refractivity contribution in [2.24, 2.45) is 0 Å². The van der Waals surface area contributed by atoms with Crippen molar-refractivity contribution in [2.45, 2.75) is 5.38 Å². The number of halogens is 1. The lowest BCUT2D eigenvalue weighted by Crippen LogP contribution is -1.87. The van der Waals surface area contributed by atoms with E-state index in [0.717, 1.165) is 5.56 Å². The summed E-state index contributed by atoms with van der Waals surface area (Å²) in [4.78, 5) is 0. The first kappa shape index (κ1) is 7.70. The molecule has 2 heteroatoms. The van der Waals surface area contributed by atoms with Crippen LogP contribution in [-0.4, -0.2) is 5.37 Å². The normalized spacial score (nSPS) is 12.5. The van der Waals surface area contributed by atoms with Crippen molar-refractivity contribution in [3.05, 3.63) is 35.9 Å². The quantitative estimate of drug-likeness (QED) is 0.486. The van der Waals surface area contributed by atoms with E-state index < -0.39 is 0 Å². The molecule has 0 nitrogen and oxygen atoms in total. The standard InChI is InChI=1S/C8H7ClS/c9-8(6-10)7-4-2-1-3-5-7/h1-6,8H/t8-/m1/s1. The monoisotopic (exact) mass is 170 g/mol. The highest BCUT2D eigenvalue weighted by molar-refractivity contribution is 7.79. The summed E-state index contributed by atoms with van der Waals surface area (Å²) in [6.45, 7) is 0. The summed E-state index contributed by atoms with van der Waals surface area (Å²) in [5, 5.41) is 1.42. The van der Waals surface area contributed by atoms with Crippen LogP contribution in [0.4, 0.5) is 0 Å². The van der Waals surface area contributed by atoms with Gasteiger partial charge in [0, 0.05) is 5.37 Å². The summed E-state index contributed by atoms with van der Waals surface area (Å²) in [6, 6.07) is 9.77. The van der Waals surface area contributed by atoms with Crippen LogP contribution in [0.25, 0.3) is 0 Å². The molecule has 1 rings (SSSR count). The molecule has 0 unspecified atom stereocenters. The zero-order chi connectivity index (χ0) is 7.40. The van der Waals surface area contributed by atoms with Gasteiger partial charge in [-0.3, -0.25) is 0 Å². The molecule has 1 aromatic carbocycles. The fraction of sp³-hybridized carbons (Fsp3) is 0.125. The molecule has 0 saturated heterocycles. The van der Waals surface area contributed by atoms with Gasteiger partial charge in [-0.05, 0) is 5.56 Å². The molecule has 0 aromatic heterocycles. The molecule has 0 amide bonds.